The van der Waals surface area contributed by atoms with Gasteiger partial charge in [0, 0.05) is 50.3 Å². The zero-order chi connectivity index (χ0) is 19.3. The molecule has 0 unspecified atom stereocenters. The number of carbonyl (C=O) groups is 2. The summed E-state index contributed by atoms with van der Waals surface area (Å²) >= 11 is 0. The van der Waals surface area contributed by atoms with E-state index in [1.807, 2.05) is 9.80 Å². The highest BCUT2D eigenvalue weighted by molar-refractivity contribution is 5.94. The summed E-state index contributed by atoms with van der Waals surface area (Å²) in [6.07, 6.45) is 7.28. The van der Waals surface area contributed by atoms with Crippen molar-refractivity contribution in [2.24, 2.45) is 0 Å². The summed E-state index contributed by atoms with van der Waals surface area (Å²) < 4.78 is 10.8. The number of hydrogen-bond acceptors (Lipinski definition) is 5. The van der Waals surface area contributed by atoms with Gasteiger partial charge in [0.05, 0.1) is 13.7 Å². The molecule has 1 aromatic heterocycles. The molecule has 3 rings (SSSR count). The summed E-state index contributed by atoms with van der Waals surface area (Å²) in [5, 5.41) is 0. The van der Waals surface area contributed by atoms with Crippen molar-refractivity contribution in [3.8, 4) is 5.88 Å². The summed E-state index contributed by atoms with van der Waals surface area (Å²) in [5.41, 5.74) is 0.132. The first-order valence-electron chi connectivity index (χ1n) is 9.84. The lowest BCUT2D eigenvalue weighted by molar-refractivity contribution is 0.00312. The number of ether oxygens (including phenoxy) is 2. The number of aromatic nitrogens is 1. The van der Waals surface area contributed by atoms with E-state index in [1.54, 1.807) is 18.3 Å². The van der Waals surface area contributed by atoms with Crippen LogP contribution < -0.4 is 4.74 Å². The first kappa shape index (κ1) is 19.5. The predicted molar refractivity (Wildman–Crippen MR) is 101 cm³/mol. The molecule has 2 amide bonds. The highest BCUT2D eigenvalue weighted by Gasteiger charge is 2.47. The second kappa shape index (κ2) is 8.59. The maximum Gasteiger partial charge on any atom is 0.410 e. The molecule has 2 aliphatic rings. The van der Waals surface area contributed by atoms with E-state index in [-0.39, 0.29) is 12.0 Å². The van der Waals surface area contributed by atoms with Gasteiger partial charge in [0.2, 0.25) is 5.88 Å². The Morgan fingerprint density at radius 2 is 2.07 bits per heavy atom. The Balaban J connectivity index is 1.53. The van der Waals surface area contributed by atoms with E-state index in [2.05, 4.69) is 11.9 Å². The minimum absolute atomic E-state index is 0.0358. The van der Waals surface area contributed by atoms with Crippen LogP contribution in [0, 0.1) is 0 Å². The molecule has 7 heteroatoms. The molecular formula is C20H29N3O4. The number of piperidine rings is 1. The fraction of sp³-hybridized carbons (Fsp3) is 0.650. The highest BCUT2D eigenvalue weighted by atomic mass is 16.6. The molecule has 0 radical (unpaired) electrons. The number of amides is 2. The number of rotatable bonds is 7. The number of likely N-dealkylation sites (tertiary alicyclic amines) is 1. The largest absolute Gasteiger partial charge is 0.481 e. The monoisotopic (exact) mass is 375 g/mol. The van der Waals surface area contributed by atoms with E-state index < -0.39 is 5.60 Å². The van der Waals surface area contributed by atoms with Crippen LogP contribution in [0.5, 0.6) is 5.88 Å². The molecule has 0 bridgehead atoms. The lowest BCUT2D eigenvalue weighted by Crippen LogP contribution is -2.48. The average molecular weight is 375 g/mol. The molecule has 0 atom stereocenters. The molecule has 2 saturated heterocycles. The Labute approximate surface area is 160 Å². The molecule has 2 fully saturated rings. The first-order chi connectivity index (χ1) is 13.1. The van der Waals surface area contributed by atoms with Crippen molar-refractivity contribution < 1.29 is 19.1 Å². The van der Waals surface area contributed by atoms with E-state index >= 15 is 0 Å². The van der Waals surface area contributed by atoms with Crippen LogP contribution in [0.4, 0.5) is 4.79 Å². The van der Waals surface area contributed by atoms with Gasteiger partial charge in [0.1, 0.15) is 5.60 Å². The molecule has 1 spiro atoms. The van der Waals surface area contributed by atoms with Crippen molar-refractivity contribution in [3.63, 3.8) is 0 Å². The van der Waals surface area contributed by atoms with E-state index in [9.17, 15) is 9.59 Å². The van der Waals surface area contributed by atoms with E-state index in [1.165, 1.54) is 20.0 Å². The van der Waals surface area contributed by atoms with Crippen LogP contribution in [-0.4, -0.2) is 65.7 Å². The summed E-state index contributed by atoms with van der Waals surface area (Å²) in [6, 6.07) is 3.35. The van der Waals surface area contributed by atoms with Crippen LogP contribution in [0.2, 0.25) is 0 Å². The first-order valence-corrected chi connectivity index (χ1v) is 9.84. The van der Waals surface area contributed by atoms with E-state index in [0.717, 1.165) is 19.4 Å². The smallest absolute Gasteiger partial charge is 0.410 e. The van der Waals surface area contributed by atoms with Gasteiger partial charge in [-0.3, -0.25) is 4.79 Å². The lowest BCUT2D eigenvalue weighted by Gasteiger charge is -2.37. The second-order valence-corrected chi connectivity index (χ2v) is 7.41. The Bertz CT molecular complexity index is 671. The zero-order valence-corrected chi connectivity index (χ0v) is 16.3. The summed E-state index contributed by atoms with van der Waals surface area (Å²) in [6.45, 7) is 4.75. The maximum absolute atomic E-state index is 12.7. The molecule has 0 aliphatic carbocycles. The van der Waals surface area contributed by atoms with Gasteiger partial charge in [0.15, 0.2) is 0 Å². The van der Waals surface area contributed by atoms with Crippen LogP contribution in [0.1, 0.15) is 55.8 Å². The van der Waals surface area contributed by atoms with Gasteiger partial charge in [-0.15, -0.1) is 0 Å². The third kappa shape index (κ3) is 4.51. The molecule has 3 heterocycles. The quantitative estimate of drug-likeness (QED) is 0.685. The van der Waals surface area contributed by atoms with Crippen LogP contribution >= 0.6 is 0 Å². The summed E-state index contributed by atoms with van der Waals surface area (Å²) in [5.74, 6) is 0.393. The third-order valence-corrected chi connectivity index (χ3v) is 5.48. The topological polar surface area (TPSA) is 72.0 Å². The Hall–Kier alpha value is -2.31. The second-order valence-electron chi connectivity index (χ2n) is 7.41. The van der Waals surface area contributed by atoms with Gasteiger partial charge in [-0.05, 0) is 12.5 Å². The Morgan fingerprint density at radius 3 is 2.78 bits per heavy atom. The van der Waals surface area contributed by atoms with Crippen molar-refractivity contribution in [2.75, 3.05) is 33.3 Å². The van der Waals surface area contributed by atoms with E-state index in [4.69, 9.17) is 9.47 Å². The summed E-state index contributed by atoms with van der Waals surface area (Å²) in [4.78, 5) is 32.6. The van der Waals surface area contributed by atoms with Gasteiger partial charge in [-0.25, -0.2) is 9.78 Å². The fourth-order valence-corrected chi connectivity index (χ4v) is 3.81. The molecule has 27 heavy (non-hydrogen) atoms. The SMILES string of the molecule is CCCCCCN1CC2(CCN(C(=O)c3ccnc(OC)c3)CC2)OC1=O. The standard InChI is InChI=1S/C20H29N3O4/c1-3-4-5-6-11-23-15-20(27-19(23)25)8-12-22(13-9-20)18(24)16-7-10-21-17(14-16)26-2/h7,10,14H,3-6,8-9,11-13,15H2,1-2H3. The van der Waals surface area contributed by atoms with E-state index in [0.29, 0.717) is 43.9 Å². The number of carbonyl (C=O) groups excluding carboxylic acids is 2. The number of hydrogen-bond donors (Lipinski definition) is 0. The molecule has 1 aromatic rings. The number of unbranched alkanes of at least 4 members (excludes halogenated alkanes) is 3. The van der Waals surface area contributed by atoms with Gasteiger partial charge in [-0.1, -0.05) is 26.2 Å². The fourth-order valence-electron chi connectivity index (χ4n) is 3.81. The molecule has 0 N–H and O–H groups in total. The van der Waals surface area contributed by atoms with Gasteiger partial charge < -0.3 is 19.3 Å². The van der Waals surface area contributed by atoms with Crippen molar-refractivity contribution in [1.82, 2.24) is 14.8 Å². The van der Waals surface area contributed by atoms with Crippen LogP contribution in [0.25, 0.3) is 0 Å². The maximum atomic E-state index is 12.7. The number of methoxy groups -OCH3 is 1. The zero-order valence-electron chi connectivity index (χ0n) is 16.3. The van der Waals surface area contributed by atoms with Crippen LogP contribution in [0.3, 0.4) is 0 Å². The molecular weight excluding hydrogens is 346 g/mol. The molecule has 0 saturated carbocycles. The van der Waals surface area contributed by atoms with Crippen molar-refractivity contribution >= 4 is 12.0 Å². The van der Waals surface area contributed by atoms with Crippen molar-refractivity contribution in [2.45, 2.75) is 51.0 Å². The molecule has 148 valence electrons. The normalized spacial score (nSPS) is 18.7. The minimum atomic E-state index is -0.436. The molecule has 0 aromatic carbocycles. The van der Waals surface area contributed by atoms with Gasteiger partial charge in [-0.2, -0.15) is 0 Å². The van der Waals surface area contributed by atoms with Gasteiger partial charge >= 0.3 is 6.09 Å². The van der Waals surface area contributed by atoms with Crippen LogP contribution in [0.15, 0.2) is 18.3 Å². The average Bonchev–Trinajstić information content (AvgIpc) is 3.00. The number of pyridine rings is 1. The number of nitrogens with zero attached hydrogens (tertiary/aromatic N) is 3. The minimum Gasteiger partial charge on any atom is -0.481 e. The summed E-state index contributed by atoms with van der Waals surface area (Å²) in [7, 11) is 1.53. The van der Waals surface area contributed by atoms with Crippen molar-refractivity contribution in [3.05, 3.63) is 23.9 Å². The third-order valence-electron chi connectivity index (χ3n) is 5.48. The predicted octanol–water partition coefficient (Wildman–Crippen LogP) is 3.10. The molecule has 2 aliphatic heterocycles. The van der Waals surface area contributed by atoms with Crippen molar-refractivity contribution in [1.29, 1.82) is 0 Å². The molecule has 7 nitrogen and oxygen atoms in total. The van der Waals surface area contributed by atoms with Crippen LogP contribution in [-0.2, 0) is 4.74 Å². The lowest BCUT2D eigenvalue weighted by atomic mass is 9.91. The van der Waals surface area contributed by atoms with Gasteiger partial charge in [0.25, 0.3) is 5.91 Å². The highest BCUT2D eigenvalue weighted by Crippen LogP contribution is 2.34. The Kier molecular flexibility index (Phi) is 6.19. The Morgan fingerprint density at radius 1 is 1.30 bits per heavy atom.